The third-order valence-corrected chi connectivity index (χ3v) is 5.45. The first-order valence-corrected chi connectivity index (χ1v) is 11.3. The van der Waals surface area contributed by atoms with Gasteiger partial charge in [-0.2, -0.15) is 5.26 Å². The molecule has 2 aromatic carbocycles. The van der Waals surface area contributed by atoms with Gasteiger partial charge in [-0.3, -0.25) is 9.78 Å². The second-order valence-corrected chi connectivity index (χ2v) is 7.88. The summed E-state index contributed by atoms with van der Waals surface area (Å²) >= 11 is 0. The van der Waals surface area contributed by atoms with Crippen LogP contribution < -0.4 is 10.6 Å². The van der Waals surface area contributed by atoms with Crippen LogP contribution >= 0.6 is 0 Å². The van der Waals surface area contributed by atoms with Crippen LogP contribution in [0.25, 0.3) is 11.3 Å². The summed E-state index contributed by atoms with van der Waals surface area (Å²) in [5.41, 5.74) is 3.89. The van der Waals surface area contributed by atoms with Gasteiger partial charge in [-0.1, -0.05) is 36.4 Å². The van der Waals surface area contributed by atoms with E-state index in [1.54, 1.807) is 36.5 Å². The minimum absolute atomic E-state index is 0.262. The second-order valence-electron chi connectivity index (χ2n) is 7.88. The van der Waals surface area contributed by atoms with Crippen LogP contribution in [0.4, 0.5) is 10.2 Å². The van der Waals surface area contributed by atoms with E-state index >= 15 is 0 Å². The maximum atomic E-state index is 13.5. The molecule has 0 saturated carbocycles. The lowest BCUT2D eigenvalue weighted by molar-refractivity contribution is 0.0954. The molecule has 0 fully saturated rings. The van der Waals surface area contributed by atoms with E-state index in [9.17, 15) is 14.4 Å². The van der Waals surface area contributed by atoms with Crippen LogP contribution in [-0.4, -0.2) is 29.0 Å². The fraction of sp³-hybridized carbons (Fsp3) is 0.143. The number of aromatic nitrogens is 2. The van der Waals surface area contributed by atoms with Crippen molar-refractivity contribution in [1.29, 1.82) is 5.26 Å². The molecule has 0 aliphatic rings. The lowest BCUT2D eigenvalue weighted by Crippen LogP contribution is -2.27. The number of nitrogens with one attached hydrogen (secondary N) is 2. The van der Waals surface area contributed by atoms with Crippen LogP contribution in [0, 0.1) is 17.1 Å². The molecule has 7 heteroatoms. The van der Waals surface area contributed by atoms with Gasteiger partial charge in [0.1, 0.15) is 11.6 Å². The van der Waals surface area contributed by atoms with Gasteiger partial charge in [-0.05, 0) is 54.4 Å². The molecule has 35 heavy (non-hydrogen) atoms. The van der Waals surface area contributed by atoms with Crippen molar-refractivity contribution in [2.24, 2.45) is 0 Å². The zero-order chi connectivity index (χ0) is 24.5. The van der Waals surface area contributed by atoms with E-state index in [-0.39, 0.29) is 11.7 Å². The zero-order valence-corrected chi connectivity index (χ0v) is 19.0. The molecule has 0 aliphatic heterocycles. The third kappa shape index (κ3) is 6.27. The number of carbonyl (C=O) groups excluding carboxylic acids is 1. The Morgan fingerprint density at radius 1 is 0.943 bits per heavy atom. The van der Waals surface area contributed by atoms with Crippen molar-refractivity contribution in [2.45, 2.75) is 12.8 Å². The molecule has 4 rings (SSSR count). The maximum absolute atomic E-state index is 13.5. The first-order valence-electron chi connectivity index (χ1n) is 11.3. The summed E-state index contributed by atoms with van der Waals surface area (Å²) in [4.78, 5) is 21.9. The predicted molar refractivity (Wildman–Crippen MR) is 133 cm³/mol. The maximum Gasteiger partial charge on any atom is 0.255 e. The molecular weight excluding hydrogens is 441 g/mol. The highest BCUT2D eigenvalue weighted by Gasteiger charge is 2.15. The highest BCUT2D eigenvalue weighted by atomic mass is 19.1. The molecule has 4 aromatic rings. The number of hydrogen-bond acceptors (Lipinski definition) is 5. The van der Waals surface area contributed by atoms with E-state index in [1.165, 1.54) is 12.1 Å². The molecule has 174 valence electrons. The lowest BCUT2D eigenvalue weighted by atomic mass is 10.0. The minimum Gasteiger partial charge on any atom is -0.369 e. The van der Waals surface area contributed by atoms with Gasteiger partial charge in [-0.15, -0.1) is 0 Å². The van der Waals surface area contributed by atoms with Crippen LogP contribution in [0.5, 0.6) is 0 Å². The molecule has 0 aliphatic carbocycles. The van der Waals surface area contributed by atoms with Crippen molar-refractivity contribution in [3.05, 3.63) is 113 Å². The van der Waals surface area contributed by atoms with E-state index in [2.05, 4.69) is 26.7 Å². The van der Waals surface area contributed by atoms with Gasteiger partial charge in [0.15, 0.2) is 0 Å². The van der Waals surface area contributed by atoms with Crippen LogP contribution in [0.2, 0.25) is 0 Å². The monoisotopic (exact) mass is 465 g/mol. The summed E-state index contributed by atoms with van der Waals surface area (Å²) in [6, 6.07) is 24.9. The Labute approximate surface area is 203 Å². The number of amides is 1. The summed E-state index contributed by atoms with van der Waals surface area (Å²) in [6.07, 6.45) is 2.88. The lowest BCUT2D eigenvalue weighted by Gasteiger charge is -2.14. The summed E-state index contributed by atoms with van der Waals surface area (Å²) in [5.74, 6) is -0.146. The Kier molecular flexibility index (Phi) is 7.77. The van der Waals surface area contributed by atoms with Crippen LogP contribution in [0.3, 0.4) is 0 Å². The van der Waals surface area contributed by atoms with Gasteiger partial charge in [0.2, 0.25) is 0 Å². The van der Waals surface area contributed by atoms with Crippen LogP contribution in [0.15, 0.2) is 85.1 Å². The molecule has 0 unspecified atom stereocenters. The van der Waals surface area contributed by atoms with Crippen molar-refractivity contribution in [2.75, 3.05) is 18.4 Å². The van der Waals surface area contributed by atoms with Crippen molar-refractivity contribution in [1.82, 2.24) is 15.3 Å². The number of halogens is 1. The first-order chi connectivity index (χ1) is 17.1. The Hall–Kier alpha value is -4.57. The summed E-state index contributed by atoms with van der Waals surface area (Å²) in [5, 5.41) is 15.6. The van der Waals surface area contributed by atoms with Crippen molar-refractivity contribution >= 4 is 11.7 Å². The Morgan fingerprint density at radius 3 is 2.60 bits per heavy atom. The van der Waals surface area contributed by atoms with E-state index in [1.807, 2.05) is 36.4 Å². The average molecular weight is 466 g/mol. The minimum atomic E-state index is -0.288. The van der Waals surface area contributed by atoms with Crippen LogP contribution in [0.1, 0.15) is 27.2 Å². The van der Waals surface area contributed by atoms with E-state index < -0.39 is 0 Å². The van der Waals surface area contributed by atoms with Crippen molar-refractivity contribution < 1.29 is 9.18 Å². The van der Waals surface area contributed by atoms with Crippen LogP contribution in [-0.2, 0) is 12.8 Å². The first kappa shape index (κ1) is 23.6. The standard InChI is InChI=1S/C28H24FN5O/c29-22-8-5-6-20(18-22)13-16-32-27-25(28(35)33-17-14-23-9-3-4-15-31-23)11-12-26(34-27)24-10-2-1-7-21(24)19-30/h1-12,15,18H,13-14,16-17H2,(H,32,34)(H,33,35). The molecule has 2 heterocycles. The molecule has 0 atom stereocenters. The summed E-state index contributed by atoms with van der Waals surface area (Å²) < 4.78 is 13.5. The normalized spacial score (nSPS) is 10.4. The molecule has 6 nitrogen and oxygen atoms in total. The largest absolute Gasteiger partial charge is 0.369 e. The van der Waals surface area contributed by atoms with Gasteiger partial charge in [0, 0.05) is 37.0 Å². The highest BCUT2D eigenvalue weighted by molar-refractivity contribution is 5.99. The molecule has 2 N–H and O–H groups in total. The number of carbonyl (C=O) groups is 1. The molecule has 0 saturated heterocycles. The number of hydrogen-bond donors (Lipinski definition) is 2. The van der Waals surface area contributed by atoms with Crippen molar-refractivity contribution in [3.63, 3.8) is 0 Å². The Morgan fingerprint density at radius 2 is 1.80 bits per heavy atom. The fourth-order valence-corrected chi connectivity index (χ4v) is 3.69. The van der Waals surface area contributed by atoms with Gasteiger partial charge >= 0.3 is 0 Å². The SMILES string of the molecule is N#Cc1ccccc1-c1ccc(C(=O)NCCc2ccccn2)c(NCCc2cccc(F)c2)n1. The third-order valence-electron chi connectivity index (χ3n) is 5.45. The number of benzene rings is 2. The quantitative estimate of drug-likeness (QED) is 0.371. The average Bonchev–Trinajstić information content (AvgIpc) is 2.89. The molecule has 0 bridgehead atoms. The Balaban J connectivity index is 1.54. The topological polar surface area (TPSA) is 90.7 Å². The summed E-state index contributed by atoms with van der Waals surface area (Å²) in [7, 11) is 0. The number of nitrogens with zero attached hydrogens (tertiary/aromatic N) is 3. The van der Waals surface area contributed by atoms with Gasteiger partial charge in [-0.25, -0.2) is 9.37 Å². The predicted octanol–water partition coefficient (Wildman–Crippen LogP) is 4.78. The number of anilines is 1. The molecule has 2 aromatic heterocycles. The zero-order valence-electron chi connectivity index (χ0n) is 19.0. The van der Waals surface area contributed by atoms with Gasteiger partial charge in [0.05, 0.1) is 22.9 Å². The van der Waals surface area contributed by atoms with E-state index in [4.69, 9.17) is 0 Å². The molecule has 0 radical (unpaired) electrons. The number of rotatable bonds is 9. The Bertz CT molecular complexity index is 1350. The van der Waals surface area contributed by atoms with Gasteiger partial charge in [0.25, 0.3) is 5.91 Å². The van der Waals surface area contributed by atoms with E-state index in [0.717, 1.165) is 11.3 Å². The molecule has 0 spiro atoms. The number of pyridine rings is 2. The molecule has 1 amide bonds. The van der Waals surface area contributed by atoms with Crippen molar-refractivity contribution in [3.8, 4) is 17.3 Å². The second kappa shape index (κ2) is 11.5. The number of nitriles is 1. The summed E-state index contributed by atoms with van der Waals surface area (Å²) in [6.45, 7) is 0.881. The fourth-order valence-electron chi connectivity index (χ4n) is 3.69. The van der Waals surface area contributed by atoms with Gasteiger partial charge < -0.3 is 10.6 Å². The molecular formula is C28H24FN5O. The highest BCUT2D eigenvalue weighted by Crippen LogP contribution is 2.25. The smallest absolute Gasteiger partial charge is 0.255 e. The van der Waals surface area contributed by atoms with E-state index in [0.29, 0.717) is 54.1 Å².